The first-order chi connectivity index (χ1) is 15.9. The molecule has 8 heteroatoms. The summed E-state index contributed by atoms with van der Waals surface area (Å²) in [7, 11) is -3.76. The van der Waals surface area contributed by atoms with Gasteiger partial charge in [-0.05, 0) is 63.3 Å². The number of carbonyl (C=O) groups excluding carboxylic acids is 2. The van der Waals surface area contributed by atoms with Gasteiger partial charge in [-0.25, -0.2) is 8.42 Å². The lowest BCUT2D eigenvalue weighted by atomic mass is 10.1. The molecule has 2 rings (SSSR count). The fraction of sp³-hybridized carbons (Fsp3) is 0.462. The van der Waals surface area contributed by atoms with E-state index in [2.05, 4.69) is 5.32 Å². The first-order valence-corrected chi connectivity index (χ1v) is 13.4. The second-order valence-corrected chi connectivity index (χ2v) is 10.9. The molecular weight excluding hydrogens is 450 g/mol. The van der Waals surface area contributed by atoms with Gasteiger partial charge in [0.05, 0.1) is 11.9 Å². The van der Waals surface area contributed by atoms with E-state index < -0.39 is 28.5 Å². The smallest absolute Gasteiger partial charge is 0.244 e. The number of nitrogens with zero attached hydrogens (tertiary/aromatic N) is 2. The predicted molar refractivity (Wildman–Crippen MR) is 137 cm³/mol. The normalized spacial score (nSPS) is 13.1. The predicted octanol–water partition coefficient (Wildman–Crippen LogP) is 3.71. The topological polar surface area (TPSA) is 86.8 Å². The highest BCUT2D eigenvalue weighted by Crippen LogP contribution is 2.27. The number of anilines is 1. The van der Waals surface area contributed by atoms with Crippen molar-refractivity contribution in [3.8, 4) is 0 Å². The van der Waals surface area contributed by atoms with E-state index in [1.165, 1.54) is 4.90 Å². The second kappa shape index (κ2) is 11.5. The van der Waals surface area contributed by atoms with E-state index in [-0.39, 0.29) is 18.5 Å². The average molecular weight is 488 g/mol. The van der Waals surface area contributed by atoms with Crippen molar-refractivity contribution in [2.24, 2.45) is 0 Å². The van der Waals surface area contributed by atoms with Crippen LogP contribution in [0, 0.1) is 20.8 Å². The third-order valence-electron chi connectivity index (χ3n) is 6.14. The van der Waals surface area contributed by atoms with Crippen molar-refractivity contribution in [1.82, 2.24) is 10.2 Å². The molecule has 0 heterocycles. The van der Waals surface area contributed by atoms with E-state index >= 15 is 0 Å². The number of rotatable bonds is 10. The number of aryl methyl sites for hydroxylation is 3. The van der Waals surface area contributed by atoms with E-state index in [0.29, 0.717) is 5.69 Å². The fourth-order valence-corrected chi connectivity index (χ4v) is 4.76. The van der Waals surface area contributed by atoms with Crippen LogP contribution in [0.4, 0.5) is 5.69 Å². The first kappa shape index (κ1) is 27.4. The molecule has 2 atom stereocenters. The van der Waals surface area contributed by atoms with E-state index in [1.54, 1.807) is 6.92 Å². The van der Waals surface area contributed by atoms with Gasteiger partial charge in [0.1, 0.15) is 12.6 Å². The van der Waals surface area contributed by atoms with Crippen LogP contribution < -0.4 is 9.62 Å². The number of amides is 2. The van der Waals surface area contributed by atoms with Crippen molar-refractivity contribution in [3.63, 3.8) is 0 Å². The molecule has 0 fully saturated rings. The third kappa shape index (κ3) is 6.82. The Morgan fingerprint density at radius 3 is 2.03 bits per heavy atom. The molecule has 7 nitrogen and oxygen atoms in total. The lowest BCUT2D eigenvalue weighted by molar-refractivity contribution is -0.139. The lowest BCUT2D eigenvalue weighted by Crippen LogP contribution is -2.52. The van der Waals surface area contributed by atoms with Crippen molar-refractivity contribution >= 4 is 27.5 Å². The summed E-state index contributed by atoms with van der Waals surface area (Å²) in [5.74, 6) is -0.711. The van der Waals surface area contributed by atoms with Gasteiger partial charge < -0.3 is 10.2 Å². The molecule has 0 radical (unpaired) electrons. The zero-order valence-corrected chi connectivity index (χ0v) is 22.1. The van der Waals surface area contributed by atoms with Crippen LogP contribution in [-0.4, -0.2) is 50.0 Å². The largest absolute Gasteiger partial charge is 0.352 e. The Balaban J connectivity index is 2.46. The minimum Gasteiger partial charge on any atom is -0.352 e. The zero-order valence-electron chi connectivity index (χ0n) is 21.3. The van der Waals surface area contributed by atoms with Crippen LogP contribution in [0.2, 0.25) is 0 Å². The maximum absolute atomic E-state index is 13.7. The van der Waals surface area contributed by atoms with Gasteiger partial charge in [0.2, 0.25) is 21.8 Å². The molecule has 2 aromatic carbocycles. The van der Waals surface area contributed by atoms with E-state index in [1.807, 2.05) is 77.1 Å². The number of hydrogen-bond donors (Lipinski definition) is 1. The summed E-state index contributed by atoms with van der Waals surface area (Å²) >= 11 is 0. The Labute approximate surface area is 204 Å². The molecule has 0 saturated carbocycles. The van der Waals surface area contributed by atoms with Gasteiger partial charge >= 0.3 is 0 Å². The van der Waals surface area contributed by atoms with Crippen molar-refractivity contribution in [2.45, 2.75) is 66.6 Å². The molecule has 34 heavy (non-hydrogen) atoms. The monoisotopic (exact) mass is 487 g/mol. The highest BCUT2D eigenvalue weighted by Gasteiger charge is 2.31. The van der Waals surface area contributed by atoms with E-state index in [4.69, 9.17) is 0 Å². The molecule has 1 N–H and O–H groups in total. The number of nitrogens with one attached hydrogen (secondary N) is 1. The summed E-state index contributed by atoms with van der Waals surface area (Å²) in [4.78, 5) is 28.1. The third-order valence-corrected chi connectivity index (χ3v) is 7.25. The highest BCUT2D eigenvalue weighted by molar-refractivity contribution is 7.92. The molecule has 0 saturated heterocycles. The number of carbonyl (C=O) groups is 2. The van der Waals surface area contributed by atoms with Gasteiger partial charge in [-0.1, -0.05) is 49.4 Å². The number of hydrogen-bond acceptors (Lipinski definition) is 4. The van der Waals surface area contributed by atoms with E-state index in [9.17, 15) is 18.0 Å². The first-order valence-electron chi connectivity index (χ1n) is 11.5. The Kier molecular flexibility index (Phi) is 9.27. The van der Waals surface area contributed by atoms with Crippen LogP contribution in [0.3, 0.4) is 0 Å². The van der Waals surface area contributed by atoms with E-state index in [0.717, 1.165) is 39.2 Å². The highest BCUT2D eigenvalue weighted by atomic mass is 32.2. The van der Waals surface area contributed by atoms with Gasteiger partial charge in [-0.3, -0.25) is 13.9 Å². The summed E-state index contributed by atoms with van der Waals surface area (Å²) in [5.41, 5.74) is 3.89. The Hall–Kier alpha value is -2.87. The van der Waals surface area contributed by atoms with Gasteiger partial charge in [-0.2, -0.15) is 0 Å². The van der Waals surface area contributed by atoms with Crippen molar-refractivity contribution in [1.29, 1.82) is 0 Å². The molecular formula is C26H37N3O4S. The molecule has 0 aliphatic carbocycles. The average Bonchev–Trinajstić information content (AvgIpc) is 2.76. The lowest BCUT2D eigenvalue weighted by Gasteiger charge is -2.33. The summed E-state index contributed by atoms with van der Waals surface area (Å²) in [6.07, 6.45) is 1.86. The van der Waals surface area contributed by atoms with Crippen molar-refractivity contribution in [2.75, 3.05) is 17.1 Å². The van der Waals surface area contributed by atoms with Crippen molar-refractivity contribution < 1.29 is 18.0 Å². The number of sulfonamides is 1. The standard InChI is InChI=1S/C26H37N3O4S/c1-8-21(5)27-26(31)22(6)28(16-23-15-10-9-12-18(23)2)24(30)17-29(34(7,32)33)25-19(3)13-11-14-20(25)4/h9-15,21-22H,8,16-17H2,1-7H3,(H,27,31)/t21-,22+/m1/s1. The quantitative estimate of drug-likeness (QED) is 0.554. The molecule has 0 spiro atoms. The van der Waals surface area contributed by atoms with Crippen LogP contribution in [0.5, 0.6) is 0 Å². The summed E-state index contributed by atoms with van der Waals surface area (Å²) in [6.45, 7) is 10.9. The zero-order chi connectivity index (χ0) is 25.6. The minimum absolute atomic E-state index is 0.0347. The van der Waals surface area contributed by atoms with Crippen LogP contribution in [-0.2, 0) is 26.2 Å². The molecule has 0 unspecified atom stereocenters. The summed E-state index contributed by atoms with van der Waals surface area (Å²) in [5, 5.41) is 2.93. The Bertz CT molecular complexity index is 1110. The van der Waals surface area contributed by atoms with Gasteiger partial charge in [0.25, 0.3) is 0 Å². The summed E-state index contributed by atoms with van der Waals surface area (Å²) < 4.78 is 26.7. The Morgan fingerprint density at radius 2 is 1.50 bits per heavy atom. The van der Waals surface area contributed by atoms with Gasteiger partial charge in [0.15, 0.2) is 0 Å². The molecule has 186 valence electrons. The molecule has 2 aromatic rings. The molecule has 0 bridgehead atoms. The maximum Gasteiger partial charge on any atom is 0.244 e. The SMILES string of the molecule is CC[C@@H](C)NC(=O)[C@H](C)N(Cc1ccccc1C)C(=O)CN(c1c(C)cccc1C)S(C)(=O)=O. The fourth-order valence-electron chi connectivity index (χ4n) is 3.79. The molecule has 0 aromatic heterocycles. The number of para-hydroxylation sites is 1. The Morgan fingerprint density at radius 1 is 0.941 bits per heavy atom. The molecule has 2 amide bonds. The van der Waals surface area contributed by atoms with Crippen LogP contribution in [0.1, 0.15) is 49.4 Å². The minimum atomic E-state index is -3.76. The van der Waals surface area contributed by atoms with Crippen molar-refractivity contribution in [3.05, 3.63) is 64.7 Å². The van der Waals surface area contributed by atoms with Crippen LogP contribution in [0.25, 0.3) is 0 Å². The second-order valence-electron chi connectivity index (χ2n) is 8.95. The summed E-state index contributed by atoms with van der Waals surface area (Å²) in [6, 6.07) is 12.3. The molecule has 0 aliphatic heterocycles. The van der Waals surface area contributed by atoms with Gasteiger partial charge in [0, 0.05) is 12.6 Å². The molecule has 0 aliphatic rings. The van der Waals surface area contributed by atoms with Crippen LogP contribution in [0.15, 0.2) is 42.5 Å². The maximum atomic E-state index is 13.7. The van der Waals surface area contributed by atoms with Crippen LogP contribution >= 0.6 is 0 Å². The van der Waals surface area contributed by atoms with Gasteiger partial charge in [-0.15, -0.1) is 0 Å². The number of benzene rings is 2.